The van der Waals surface area contributed by atoms with E-state index in [0.29, 0.717) is 6.61 Å². The molecule has 0 aliphatic rings. The molecule has 0 aliphatic heterocycles. The highest BCUT2D eigenvalue weighted by Crippen LogP contribution is 2.30. The zero-order valence-corrected chi connectivity index (χ0v) is 14.3. The molecule has 1 unspecified atom stereocenters. The van der Waals surface area contributed by atoms with Crippen molar-refractivity contribution in [1.29, 1.82) is 0 Å². The summed E-state index contributed by atoms with van der Waals surface area (Å²) in [6, 6.07) is 5.84. The van der Waals surface area contributed by atoms with E-state index in [4.69, 9.17) is 4.74 Å². The number of aliphatic hydroxyl groups is 1. The molecule has 0 fully saturated rings. The molecule has 20 heavy (non-hydrogen) atoms. The summed E-state index contributed by atoms with van der Waals surface area (Å²) in [7, 11) is 0. The molecular formula is C17H27BrO2. The second kappa shape index (κ2) is 10.2. The van der Waals surface area contributed by atoms with E-state index in [1.807, 2.05) is 25.1 Å². The molecule has 0 spiro atoms. The van der Waals surface area contributed by atoms with Gasteiger partial charge in [0.05, 0.1) is 17.2 Å². The Hall–Kier alpha value is -0.540. The predicted molar refractivity (Wildman–Crippen MR) is 88.3 cm³/mol. The lowest BCUT2D eigenvalue weighted by atomic mass is 10.0. The molecule has 2 nitrogen and oxygen atoms in total. The first-order chi connectivity index (χ1) is 9.69. The number of benzene rings is 1. The molecule has 114 valence electrons. The fourth-order valence-corrected chi connectivity index (χ4v) is 2.79. The summed E-state index contributed by atoms with van der Waals surface area (Å²) in [5.74, 6) is 0.836. The van der Waals surface area contributed by atoms with Crippen LogP contribution in [0.4, 0.5) is 0 Å². The van der Waals surface area contributed by atoms with E-state index >= 15 is 0 Å². The Bertz CT molecular complexity index is 379. The Balaban J connectivity index is 2.35. The third kappa shape index (κ3) is 6.27. The molecule has 0 aliphatic carbocycles. The van der Waals surface area contributed by atoms with Crippen molar-refractivity contribution in [1.82, 2.24) is 0 Å². The van der Waals surface area contributed by atoms with Crippen LogP contribution in [0.3, 0.4) is 0 Å². The van der Waals surface area contributed by atoms with E-state index < -0.39 is 0 Å². The maximum absolute atomic E-state index is 10.2. The van der Waals surface area contributed by atoms with Crippen LogP contribution in [0.25, 0.3) is 0 Å². The van der Waals surface area contributed by atoms with Crippen molar-refractivity contribution in [2.24, 2.45) is 0 Å². The molecule has 0 saturated carbocycles. The van der Waals surface area contributed by atoms with Crippen molar-refractivity contribution in [3.63, 3.8) is 0 Å². The molecular weight excluding hydrogens is 316 g/mol. The minimum atomic E-state index is -0.367. The largest absolute Gasteiger partial charge is 0.493 e. The van der Waals surface area contributed by atoms with Gasteiger partial charge in [0.1, 0.15) is 5.75 Å². The van der Waals surface area contributed by atoms with Crippen molar-refractivity contribution in [3.05, 3.63) is 28.2 Å². The number of halogens is 1. The Morgan fingerprint density at radius 3 is 2.45 bits per heavy atom. The van der Waals surface area contributed by atoms with E-state index in [1.54, 1.807) is 0 Å². The lowest BCUT2D eigenvalue weighted by Gasteiger charge is -2.13. The average Bonchev–Trinajstić information content (AvgIpc) is 2.45. The highest BCUT2D eigenvalue weighted by atomic mass is 79.9. The molecule has 1 rings (SSSR count). The molecule has 0 amide bonds. The summed E-state index contributed by atoms with van der Waals surface area (Å²) in [5.41, 5.74) is 0.967. The lowest BCUT2D eigenvalue weighted by molar-refractivity contribution is 0.163. The van der Waals surface area contributed by atoms with Crippen molar-refractivity contribution in [3.8, 4) is 5.75 Å². The highest BCUT2D eigenvalue weighted by molar-refractivity contribution is 9.10. The standard InChI is InChI=1S/C17H27BrO2/c1-3-5-6-7-8-9-10-16(19)14-11-12-17(20-4-2)15(18)13-14/h11-13,16,19H,3-10H2,1-2H3. The molecule has 3 heteroatoms. The molecule has 1 aromatic carbocycles. The predicted octanol–water partition coefficient (Wildman–Crippen LogP) is 5.63. The monoisotopic (exact) mass is 342 g/mol. The van der Waals surface area contributed by atoms with Gasteiger partial charge in [-0.1, -0.05) is 51.5 Å². The summed E-state index contributed by atoms with van der Waals surface area (Å²) in [4.78, 5) is 0. The van der Waals surface area contributed by atoms with Crippen LogP contribution < -0.4 is 4.74 Å². The van der Waals surface area contributed by atoms with Crippen LogP contribution in [0.15, 0.2) is 22.7 Å². The molecule has 0 heterocycles. The van der Waals surface area contributed by atoms with Crippen molar-refractivity contribution < 1.29 is 9.84 Å². The SMILES string of the molecule is CCCCCCCCC(O)c1ccc(OCC)c(Br)c1. The van der Waals surface area contributed by atoms with Gasteiger partial charge < -0.3 is 9.84 Å². The normalized spacial score (nSPS) is 12.4. The van der Waals surface area contributed by atoms with E-state index in [1.165, 1.54) is 32.1 Å². The number of rotatable bonds is 10. The zero-order chi connectivity index (χ0) is 14.8. The Kier molecular flexibility index (Phi) is 8.95. The third-order valence-corrected chi connectivity index (χ3v) is 4.09. The van der Waals surface area contributed by atoms with E-state index in [2.05, 4.69) is 22.9 Å². The second-order valence-corrected chi connectivity index (χ2v) is 6.05. The van der Waals surface area contributed by atoms with Gasteiger partial charge in [-0.25, -0.2) is 0 Å². The quantitative estimate of drug-likeness (QED) is 0.558. The topological polar surface area (TPSA) is 29.5 Å². The molecule has 1 atom stereocenters. The third-order valence-electron chi connectivity index (χ3n) is 3.47. The van der Waals surface area contributed by atoms with Crippen LogP contribution in [0.2, 0.25) is 0 Å². The lowest BCUT2D eigenvalue weighted by Crippen LogP contribution is -1.99. The van der Waals surface area contributed by atoms with Crippen molar-refractivity contribution in [2.45, 2.75) is 64.9 Å². The van der Waals surface area contributed by atoms with Gasteiger partial charge in [0, 0.05) is 0 Å². The van der Waals surface area contributed by atoms with Crippen molar-refractivity contribution >= 4 is 15.9 Å². The maximum atomic E-state index is 10.2. The Morgan fingerprint density at radius 1 is 1.10 bits per heavy atom. The average molecular weight is 343 g/mol. The molecule has 0 aromatic heterocycles. The van der Waals surface area contributed by atoms with Gasteiger partial charge in [0.2, 0.25) is 0 Å². The molecule has 1 aromatic rings. The minimum Gasteiger partial charge on any atom is -0.493 e. The van der Waals surface area contributed by atoms with Gasteiger partial charge in [-0.3, -0.25) is 0 Å². The van der Waals surface area contributed by atoms with Crippen LogP contribution in [0.1, 0.15) is 70.5 Å². The fourth-order valence-electron chi connectivity index (χ4n) is 2.28. The van der Waals surface area contributed by atoms with Gasteiger partial charge in [-0.15, -0.1) is 0 Å². The number of hydrogen-bond acceptors (Lipinski definition) is 2. The Labute approximate surface area is 131 Å². The van der Waals surface area contributed by atoms with Crippen LogP contribution in [0, 0.1) is 0 Å². The van der Waals surface area contributed by atoms with Gasteiger partial charge in [-0.2, -0.15) is 0 Å². The molecule has 0 radical (unpaired) electrons. The van der Waals surface area contributed by atoms with E-state index in [-0.39, 0.29) is 6.10 Å². The van der Waals surface area contributed by atoms with Crippen LogP contribution in [-0.2, 0) is 0 Å². The van der Waals surface area contributed by atoms with Crippen LogP contribution in [0.5, 0.6) is 5.75 Å². The summed E-state index contributed by atoms with van der Waals surface area (Å²) < 4.78 is 6.39. The first-order valence-corrected chi connectivity index (χ1v) is 8.58. The smallest absolute Gasteiger partial charge is 0.133 e. The number of unbranched alkanes of at least 4 members (excludes halogenated alkanes) is 5. The van der Waals surface area contributed by atoms with E-state index in [9.17, 15) is 5.11 Å². The number of ether oxygens (including phenoxy) is 1. The second-order valence-electron chi connectivity index (χ2n) is 5.20. The molecule has 1 N–H and O–H groups in total. The maximum Gasteiger partial charge on any atom is 0.133 e. The highest BCUT2D eigenvalue weighted by Gasteiger charge is 2.10. The van der Waals surface area contributed by atoms with Crippen LogP contribution >= 0.6 is 15.9 Å². The molecule has 0 saturated heterocycles. The summed E-state index contributed by atoms with van der Waals surface area (Å²) in [6.07, 6.45) is 8.00. The van der Waals surface area contributed by atoms with E-state index in [0.717, 1.165) is 28.6 Å². The first kappa shape index (κ1) is 17.5. The zero-order valence-electron chi connectivity index (χ0n) is 12.7. The fraction of sp³-hybridized carbons (Fsp3) is 0.647. The van der Waals surface area contributed by atoms with Gasteiger partial charge in [-0.05, 0) is 47.0 Å². The van der Waals surface area contributed by atoms with Crippen LogP contribution in [-0.4, -0.2) is 11.7 Å². The summed E-state index contributed by atoms with van der Waals surface area (Å²) in [6.45, 7) is 4.85. The minimum absolute atomic E-state index is 0.367. The summed E-state index contributed by atoms with van der Waals surface area (Å²) >= 11 is 3.49. The van der Waals surface area contributed by atoms with Gasteiger partial charge >= 0.3 is 0 Å². The summed E-state index contributed by atoms with van der Waals surface area (Å²) in [5, 5.41) is 10.2. The van der Waals surface area contributed by atoms with Gasteiger partial charge in [0.25, 0.3) is 0 Å². The van der Waals surface area contributed by atoms with Crippen molar-refractivity contribution in [2.75, 3.05) is 6.61 Å². The number of hydrogen-bond donors (Lipinski definition) is 1. The first-order valence-electron chi connectivity index (χ1n) is 7.79. The molecule has 0 bridgehead atoms. The Morgan fingerprint density at radius 2 is 1.80 bits per heavy atom. The number of aliphatic hydroxyl groups excluding tert-OH is 1. The van der Waals surface area contributed by atoms with Gasteiger partial charge in [0.15, 0.2) is 0 Å².